The lowest BCUT2D eigenvalue weighted by Gasteiger charge is -2.24. The number of aryl methyl sites for hydroxylation is 1. The van der Waals surface area contributed by atoms with Gasteiger partial charge < -0.3 is 15.0 Å². The van der Waals surface area contributed by atoms with Crippen LogP contribution in [-0.4, -0.2) is 41.7 Å². The smallest absolute Gasteiger partial charge is 0.226 e. The lowest BCUT2D eigenvalue weighted by Crippen LogP contribution is -2.23. The first-order valence-electron chi connectivity index (χ1n) is 9.25. The van der Waals surface area contributed by atoms with Crippen molar-refractivity contribution in [3.63, 3.8) is 0 Å². The third-order valence-corrected chi connectivity index (χ3v) is 6.11. The number of amides is 1. The van der Waals surface area contributed by atoms with Crippen LogP contribution in [0, 0.1) is 6.92 Å². The maximum atomic E-state index is 11.7. The number of ether oxygens (including phenoxy) is 1. The monoisotopic (exact) mass is 392 g/mol. The van der Waals surface area contributed by atoms with E-state index in [1.165, 1.54) is 4.70 Å². The van der Waals surface area contributed by atoms with Crippen LogP contribution in [0.15, 0.2) is 40.8 Å². The van der Waals surface area contributed by atoms with Crippen LogP contribution >= 0.6 is 11.3 Å². The van der Waals surface area contributed by atoms with Gasteiger partial charge >= 0.3 is 0 Å². The van der Waals surface area contributed by atoms with Crippen LogP contribution in [0.3, 0.4) is 0 Å². The van der Waals surface area contributed by atoms with Crippen LogP contribution in [0.1, 0.15) is 29.4 Å². The van der Waals surface area contributed by atoms with Crippen LogP contribution in [0.4, 0.5) is 5.69 Å². The maximum absolute atomic E-state index is 11.7. The van der Waals surface area contributed by atoms with Gasteiger partial charge in [0.25, 0.3) is 0 Å². The number of aliphatic imine (C=N–C) groups is 1. The molecule has 142 valence electrons. The molecule has 2 aliphatic rings. The number of fused-ring (bicyclic) bond motifs is 2. The Balaban J connectivity index is 1.39. The molecule has 1 aromatic carbocycles. The number of benzene rings is 1. The summed E-state index contributed by atoms with van der Waals surface area (Å²) < 4.78 is 7.26. The van der Waals surface area contributed by atoms with Gasteiger partial charge in [-0.2, -0.15) is 0 Å². The van der Waals surface area contributed by atoms with Gasteiger partial charge in [-0.15, -0.1) is 11.3 Å². The SMILES string of the molecule is Cc1cc(OC2CC(=O)N(C)C2)cc2c1NC(c1cc3sccc3cn1)N=C2. The quantitative estimate of drug-likeness (QED) is 0.737. The predicted octanol–water partition coefficient (Wildman–Crippen LogP) is 3.76. The Labute approximate surface area is 166 Å². The maximum Gasteiger partial charge on any atom is 0.226 e. The molecule has 2 atom stereocenters. The second-order valence-electron chi connectivity index (χ2n) is 7.32. The van der Waals surface area contributed by atoms with Crippen LogP contribution in [0.25, 0.3) is 10.1 Å². The fourth-order valence-electron chi connectivity index (χ4n) is 3.74. The lowest BCUT2D eigenvalue weighted by atomic mass is 10.1. The summed E-state index contributed by atoms with van der Waals surface area (Å²) in [7, 11) is 1.81. The molecule has 0 saturated carbocycles. The van der Waals surface area contributed by atoms with E-state index in [1.54, 1.807) is 16.2 Å². The molecular weight excluding hydrogens is 372 g/mol. The van der Waals surface area contributed by atoms with Gasteiger partial charge in [0.05, 0.1) is 18.7 Å². The summed E-state index contributed by atoms with van der Waals surface area (Å²) in [4.78, 5) is 22.7. The summed E-state index contributed by atoms with van der Waals surface area (Å²) in [6.45, 7) is 2.68. The number of pyridine rings is 1. The van der Waals surface area contributed by atoms with E-state index in [9.17, 15) is 4.79 Å². The number of likely N-dealkylation sites (tertiary alicyclic amines) is 1. The molecule has 28 heavy (non-hydrogen) atoms. The molecule has 0 bridgehead atoms. The van der Waals surface area contributed by atoms with E-state index in [1.807, 2.05) is 31.6 Å². The molecule has 2 unspecified atom stereocenters. The van der Waals surface area contributed by atoms with Crippen molar-refractivity contribution in [1.82, 2.24) is 9.88 Å². The zero-order valence-corrected chi connectivity index (χ0v) is 16.5. The van der Waals surface area contributed by atoms with Gasteiger partial charge in [0, 0.05) is 40.8 Å². The summed E-state index contributed by atoms with van der Waals surface area (Å²) in [5.74, 6) is 0.898. The number of likely N-dealkylation sites (N-methyl/N-ethyl adjacent to an activating group) is 1. The Kier molecular flexibility index (Phi) is 4.05. The molecule has 3 aromatic rings. The van der Waals surface area contributed by atoms with E-state index >= 15 is 0 Å². The van der Waals surface area contributed by atoms with Crippen molar-refractivity contribution in [1.29, 1.82) is 0 Å². The van der Waals surface area contributed by atoms with Crippen LogP contribution in [0.2, 0.25) is 0 Å². The molecule has 0 radical (unpaired) electrons. The highest BCUT2D eigenvalue weighted by atomic mass is 32.1. The molecule has 4 heterocycles. The van der Waals surface area contributed by atoms with E-state index in [0.717, 1.165) is 33.6 Å². The van der Waals surface area contributed by atoms with Crippen molar-refractivity contribution in [2.45, 2.75) is 25.6 Å². The van der Waals surface area contributed by atoms with E-state index in [4.69, 9.17) is 4.74 Å². The van der Waals surface area contributed by atoms with Crippen molar-refractivity contribution in [3.05, 3.63) is 52.7 Å². The van der Waals surface area contributed by atoms with Crippen molar-refractivity contribution < 1.29 is 9.53 Å². The molecule has 0 aliphatic carbocycles. The number of carbonyl (C=O) groups excluding carboxylic acids is 1. The Morgan fingerprint density at radius 3 is 3.04 bits per heavy atom. The number of thiophene rings is 1. The minimum Gasteiger partial charge on any atom is -0.488 e. The predicted molar refractivity (Wildman–Crippen MR) is 111 cm³/mol. The van der Waals surface area contributed by atoms with E-state index in [0.29, 0.717) is 13.0 Å². The van der Waals surface area contributed by atoms with Gasteiger partial charge in [0.1, 0.15) is 11.9 Å². The topological polar surface area (TPSA) is 66.8 Å². The second-order valence-corrected chi connectivity index (χ2v) is 8.26. The number of nitrogens with one attached hydrogen (secondary N) is 1. The van der Waals surface area contributed by atoms with Gasteiger partial charge in [-0.1, -0.05) is 0 Å². The molecule has 7 heteroatoms. The summed E-state index contributed by atoms with van der Waals surface area (Å²) in [6, 6.07) is 8.17. The highest BCUT2D eigenvalue weighted by Gasteiger charge is 2.29. The zero-order valence-electron chi connectivity index (χ0n) is 15.7. The first-order chi connectivity index (χ1) is 13.6. The first-order valence-corrected chi connectivity index (χ1v) is 10.1. The van der Waals surface area contributed by atoms with Gasteiger partial charge in [0.2, 0.25) is 5.91 Å². The highest BCUT2D eigenvalue weighted by Crippen LogP contribution is 2.34. The molecule has 1 fully saturated rings. The molecule has 0 spiro atoms. The van der Waals surface area contributed by atoms with Gasteiger partial charge in [0.15, 0.2) is 6.17 Å². The number of rotatable bonds is 3. The van der Waals surface area contributed by atoms with Gasteiger partial charge in [-0.05, 0) is 42.1 Å². The number of hydrogen-bond acceptors (Lipinski definition) is 6. The summed E-state index contributed by atoms with van der Waals surface area (Å²) in [6.07, 6.45) is 3.90. The minimum absolute atomic E-state index is 0.0992. The summed E-state index contributed by atoms with van der Waals surface area (Å²) >= 11 is 1.71. The molecule has 2 aromatic heterocycles. The summed E-state index contributed by atoms with van der Waals surface area (Å²) in [5, 5.41) is 6.73. The Hall–Kier alpha value is -2.93. The third-order valence-electron chi connectivity index (χ3n) is 5.23. The van der Waals surface area contributed by atoms with E-state index < -0.39 is 0 Å². The molecule has 1 amide bonds. The zero-order chi connectivity index (χ0) is 19.3. The van der Waals surface area contributed by atoms with E-state index in [2.05, 4.69) is 39.7 Å². The molecular formula is C21H20N4O2S. The Bertz CT molecular complexity index is 1110. The van der Waals surface area contributed by atoms with Gasteiger partial charge in [-0.3, -0.25) is 14.8 Å². The average molecular weight is 392 g/mol. The second kappa shape index (κ2) is 6.60. The number of hydrogen-bond donors (Lipinski definition) is 1. The van der Waals surface area contributed by atoms with Crippen molar-refractivity contribution in [3.8, 4) is 5.75 Å². The van der Waals surface area contributed by atoms with Crippen LogP contribution < -0.4 is 10.1 Å². The largest absolute Gasteiger partial charge is 0.488 e. The minimum atomic E-state index is -0.203. The normalized spacial score (nSPS) is 21.1. The number of aromatic nitrogens is 1. The molecule has 1 N–H and O–H groups in total. The summed E-state index contributed by atoms with van der Waals surface area (Å²) in [5.41, 5.74) is 4.02. The molecule has 1 saturated heterocycles. The number of nitrogens with zero attached hydrogens (tertiary/aromatic N) is 3. The number of carbonyl (C=O) groups is 1. The van der Waals surface area contributed by atoms with Crippen LogP contribution in [-0.2, 0) is 4.79 Å². The highest BCUT2D eigenvalue weighted by molar-refractivity contribution is 7.17. The van der Waals surface area contributed by atoms with Gasteiger partial charge in [-0.25, -0.2) is 0 Å². The molecule has 6 nitrogen and oxygen atoms in total. The van der Waals surface area contributed by atoms with Crippen molar-refractivity contribution in [2.75, 3.05) is 18.9 Å². The molecule has 2 aliphatic heterocycles. The third kappa shape index (κ3) is 3.01. The van der Waals surface area contributed by atoms with Crippen molar-refractivity contribution >= 4 is 39.2 Å². The fraction of sp³-hybridized carbons (Fsp3) is 0.286. The van der Waals surface area contributed by atoms with E-state index in [-0.39, 0.29) is 18.2 Å². The average Bonchev–Trinajstić information content (AvgIpc) is 3.27. The fourth-order valence-corrected chi connectivity index (χ4v) is 4.55. The molecule has 5 rings (SSSR count). The first kappa shape index (κ1) is 17.2. The van der Waals surface area contributed by atoms with Crippen LogP contribution in [0.5, 0.6) is 5.75 Å². The lowest BCUT2D eigenvalue weighted by molar-refractivity contribution is -0.126. The number of anilines is 1. The van der Waals surface area contributed by atoms with Crippen molar-refractivity contribution in [2.24, 2.45) is 4.99 Å². The Morgan fingerprint density at radius 1 is 1.32 bits per heavy atom. The Morgan fingerprint density at radius 2 is 2.21 bits per heavy atom. The standard InChI is InChI=1S/C21H20N4O2S/c1-12-5-15(27-16-7-19(26)25(2)11-16)6-14-10-23-21(24-20(12)14)17-8-18-13(9-22-17)3-4-28-18/h3-6,8-10,16,21,24H,7,11H2,1-2H3.